The van der Waals surface area contributed by atoms with E-state index < -0.39 is 9.84 Å². The second kappa shape index (κ2) is 6.84. The molecule has 0 spiro atoms. The average Bonchev–Trinajstić information content (AvgIpc) is 3.17. The second-order valence-electron chi connectivity index (χ2n) is 6.04. The van der Waals surface area contributed by atoms with Crippen LogP contribution in [0, 0.1) is 6.92 Å². The van der Waals surface area contributed by atoms with Crippen molar-refractivity contribution in [1.29, 1.82) is 0 Å². The first kappa shape index (κ1) is 16.2. The van der Waals surface area contributed by atoms with E-state index in [2.05, 4.69) is 10.1 Å². The van der Waals surface area contributed by atoms with Crippen molar-refractivity contribution in [2.75, 3.05) is 18.8 Å². The highest BCUT2D eigenvalue weighted by molar-refractivity contribution is 7.91. The summed E-state index contributed by atoms with van der Waals surface area (Å²) in [7, 11) is -3.19. The van der Waals surface area contributed by atoms with Gasteiger partial charge in [-0.2, -0.15) is 0 Å². The zero-order valence-corrected chi connectivity index (χ0v) is 14.1. The van der Waals surface area contributed by atoms with Crippen LogP contribution in [0.15, 0.2) is 45.8 Å². The molecule has 0 amide bonds. The van der Waals surface area contributed by atoms with Gasteiger partial charge in [0.15, 0.2) is 9.84 Å². The molecule has 0 saturated carbocycles. The third-order valence-corrected chi connectivity index (χ3v) is 6.13. The van der Waals surface area contributed by atoms with Gasteiger partial charge >= 0.3 is 0 Å². The Kier molecular flexibility index (Phi) is 4.82. The number of aryl methyl sites for hydroxylation is 1. The number of hydrogen-bond acceptors (Lipinski definition) is 5. The Balaban J connectivity index is 1.58. The minimum Gasteiger partial charge on any atom is -0.361 e. The number of hydrogen-bond donors (Lipinski definition) is 0. The summed E-state index contributed by atoms with van der Waals surface area (Å²) in [4.78, 5) is 2.72. The molecule has 124 valence electrons. The van der Waals surface area contributed by atoms with Crippen LogP contribution in [0.25, 0.3) is 0 Å². The molecule has 0 aliphatic carbocycles. The van der Waals surface area contributed by atoms with E-state index in [1.807, 2.05) is 19.1 Å². The Morgan fingerprint density at radius 3 is 2.78 bits per heavy atom. The lowest BCUT2D eigenvalue weighted by atomic mass is 10.1. The summed E-state index contributed by atoms with van der Waals surface area (Å²) in [6, 6.07) is 10.9. The predicted molar refractivity (Wildman–Crippen MR) is 87.9 cm³/mol. The molecule has 0 N–H and O–H groups in total. The highest BCUT2D eigenvalue weighted by Crippen LogP contribution is 2.31. The summed E-state index contributed by atoms with van der Waals surface area (Å²) < 4.78 is 29.8. The van der Waals surface area contributed by atoms with Gasteiger partial charge in [0.25, 0.3) is 0 Å². The van der Waals surface area contributed by atoms with Crippen LogP contribution < -0.4 is 0 Å². The van der Waals surface area contributed by atoms with E-state index in [0.29, 0.717) is 11.3 Å². The summed E-state index contributed by atoms with van der Waals surface area (Å²) in [5, 5.41) is 4.12. The van der Waals surface area contributed by atoms with Crippen LogP contribution in [-0.2, 0) is 9.84 Å². The third kappa shape index (κ3) is 3.82. The molecule has 6 heteroatoms. The smallest absolute Gasteiger partial charge is 0.178 e. The maximum Gasteiger partial charge on any atom is 0.178 e. The number of rotatable bonds is 6. The molecule has 1 saturated heterocycles. The van der Waals surface area contributed by atoms with Crippen LogP contribution in [-0.4, -0.2) is 37.3 Å². The Labute approximate surface area is 137 Å². The molecule has 2 aromatic rings. The monoisotopic (exact) mass is 334 g/mol. The number of benzene rings is 1. The molecule has 0 bridgehead atoms. The molecule has 5 nitrogen and oxygen atoms in total. The SMILES string of the molecule is Cc1cc([C@@H]2CCCN2CCCS(=O)(=O)c2ccccc2)no1. The molecule has 1 aromatic carbocycles. The fourth-order valence-corrected chi connectivity index (χ4v) is 4.49. The van der Waals surface area contributed by atoms with Gasteiger partial charge in [0.05, 0.1) is 16.7 Å². The standard InChI is InChI=1S/C17H22N2O3S/c1-14-13-16(18-22-14)17-9-5-10-19(17)11-6-12-23(20,21)15-7-3-2-4-8-15/h2-4,7-8,13,17H,5-6,9-12H2,1H3/t17-/m0/s1. The number of aromatic nitrogens is 1. The van der Waals surface area contributed by atoms with E-state index in [1.165, 1.54) is 0 Å². The first-order valence-corrected chi connectivity index (χ1v) is 9.66. The summed E-state index contributed by atoms with van der Waals surface area (Å²) >= 11 is 0. The maximum absolute atomic E-state index is 12.3. The van der Waals surface area contributed by atoms with E-state index in [0.717, 1.165) is 37.4 Å². The molecule has 1 atom stereocenters. The Morgan fingerprint density at radius 2 is 2.09 bits per heavy atom. The lowest BCUT2D eigenvalue weighted by Crippen LogP contribution is -2.26. The molecular weight excluding hydrogens is 312 g/mol. The number of sulfone groups is 1. The van der Waals surface area contributed by atoms with Crippen molar-refractivity contribution >= 4 is 9.84 Å². The van der Waals surface area contributed by atoms with Gasteiger partial charge in [-0.05, 0) is 51.4 Å². The highest BCUT2D eigenvalue weighted by atomic mass is 32.2. The lowest BCUT2D eigenvalue weighted by Gasteiger charge is -2.22. The van der Waals surface area contributed by atoms with E-state index in [-0.39, 0.29) is 11.8 Å². The van der Waals surface area contributed by atoms with Crippen LogP contribution in [0.5, 0.6) is 0 Å². The third-order valence-electron chi connectivity index (χ3n) is 4.31. The fraction of sp³-hybridized carbons (Fsp3) is 0.471. The van der Waals surface area contributed by atoms with Gasteiger partial charge in [0.1, 0.15) is 11.5 Å². The zero-order valence-electron chi connectivity index (χ0n) is 13.3. The summed E-state index contributed by atoms with van der Waals surface area (Å²) in [5.41, 5.74) is 0.964. The average molecular weight is 334 g/mol. The van der Waals surface area contributed by atoms with Crippen LogP contribution in [0.3, 0.4) is 0 Å². The number of nitrogens with zero attached hydrogens (tertiary/aromatic N) is 2. The Bertz CT molecular complexity index is 740. The van der Waals surface area contributed by atoms with Gasteiger partial charge in [-0.3, -0.25) is 4.90 Å². The lowest BCUT2D eigenvalue weighted by molar-refractivity contribution is 0.245. The van der Waals surface area contributed by atoms with Crippen molar-refractivity contribution in [3.8, 4) is 0 Å². The van der Waals surface area contributed by atoms with Crippen LogP contribution in [0.1, 0.15) is 36.8 Å². The quantitative estimate of drug-likeness (QED) is 0.812. The molecule has 1 aromatic heterocycles. The van der Waals surface area contributed by atoms with Crippen molar-refractivity contribution in [2.24, 2.45) is 0 Å². The molecular formula is C17H22N2O3S. The first-order chi connectivity index (χ1) is 11.1. The van der Waals surface area contributed by atoms with Crippen molar-refractivity contribution in [1.82, 2.24) is 10.1 Å². The second-order valence-corrected chi connectivity index (χ2v) is 8.15. The van der Waals surface area contributed by atoms with Crippen LogP contribution in [0.4, 0.5) is 0 Å². The van der Waals surface area contributed by atoms with Gasteiger partial charge < -0.3 is 4.52 Å². The molecule has 2 heterocycles. The topological polar surface area (TPSA) is 63.4 Å². The van der Waals surface area contributed by atoms with E-state index >= 15 is 0 Å². The van der Waals surface area contributed by atoms with Gasteiger partial charge in [-0.15, -0.1) is 0 Å². The maximum atomic E-state index is 12.3. The van der Waals surface area contributed by atoms with Crippen molar-refractivity contribution in [3.63, 3.8) is 0 Å². The number of likely N-dealkylation sites (tertiary alicyclic amines) is 1. The molecule has 23 heavy (non-hydrogen) atoms. The van der Waals surface area contributed by atoms with Gasteiger partial charge in [0.2, 0.25) is 0 Å². The van der Waals surface area contributed by atoms with Gasteiger partial charge in [0, 0.05) is 6.07 Å². The van der Waals surface area contributed by atoms with Crippen molar-refractivity contribution in [3.05, 3.63) is 47.9 Å². The van der Waals surface area contributed by atoms with E-state index in [4.69, 9.17) is 4.52 Å². The molecule has 3 rings (SSSR count). The first-order valence-electron chi connectivity index (χ1n) is 8.01. The van der Waals surface area contributed by atoms with E-state index in [9.17, 15) is 8.42 Å². The largest absolute Gasteiger partial charge is 0.361 e. The minimum absolute atomic E-state index is 0.179. The highest BCUT2D eigenvalue weighted by Gasteiger charge is 2.28. The van der Waals surface area contributed by atoms with Gasteiger partial charge in [-0.25, -0.2) is 8.42 Å². The Hall–Kier alpha value is -1.66. The van der Waals surface area contributed by atoms with Crippen LogP contribution >= 0.6 is 0 Å². The Morgan fingerprint density at radius 1 is 1.30 bits per heavy atom. The predicted octanol–water partition coefficient (Wildman–Crippen LogP) is 2.98. The normalized spacial score (nSPS) is 19.3. The molecule has 1 aliphatic heterocycles. The van der Waals surface area contributed by atoms with E-state index in [1.54, 1.807) is 24.3 Å². The van der Waals surface area contributed by atoms with Crippen LogP contribution in [0.2, 0.25) is 0 Å². The summed E-state index contributed by atoms with van der Waals surface area (Å²) in [6.07, 6.45) is 2.80. The van der Waals surface area contributed by atoms with Crippen molar-refractivity contribution < 1.29 is 12.9 Å². The summed E-state index contributed by atoms with van der Waals surface area (Å²) in [5.74, 6) is 0.997. The van der Waals surface area contributed by atoms with Crippen molar-refractivity contribution in [2.45, 2.75) is 37.1 Å². The summed E-state index contributed by atoms with van der Waals surface area (Å²) in [6.45, 7) is 3.65. The molecule has 1 aliphatic rings. The molecule has 0 unspecified atom stereocenters. The zero-order chi connectivity index (χ0) is 16.3. The molecule has 1 fully saturated rings. The van der Waals surface area contributed by atoms with Gasteiger partial charge in [-0.1, -0.05) is 23.4 Å². The fourth-order valence-electron chi connectivity index (χ4n) is 3.17. The minimum atomic E-state index is -3.19. The molecule has 0 radical (unpaired) electrons.